The van der Waals surface area contributed by atoms with E-state index in [0.29, 0.717) is 11.4 Å². The predicted octanol–water partition coefficient (Wildman–Crippen LogP) is 3.90. The van der Waals surface area contributed by atoms with Crippen molar-refractivity contribution in [2.45, 2.75) is 6.61 Å². The molecule has 0 saturated heterocycles. The zero-order chi connectivity index (χ0) is 16.2. The molecule has 2 aromatic heterocycles. The first kappa shape index (κ1) is 15.0. The van der Waals surface area contributed by atoms with E-state index in [1.54, 1.807) is 18.6 Å². The second kappa shape index (κ2) is 6.49. The second-order valence-corrected chi connectivity index (χ2v) is 5.39. The van der Waals surface area contributed by atoms with E-state index in [2.05, 4.69) is 4.98 Å². The van der Waals surface area contributed by atoms with Crippen LogP contribution in [0.4, 0.5) is 5.69 Å². The Bertz CT molecular complexity index is 813. The van der Waals surface area contributed by atoms with Gasteiger partial charge in [-0.05, 0) is 18.2 Å². The summed E-state index contributed by atoms with van der Waals surface area (Å²) in [5.74, 6) is 0.577. The number of hydrogen-bond donors (Lipinski definition) is 0. The molecular weight excluding hydrogens is 320 g/mol. The van der Waals surface area contributed by atoms with E-state index in [0.717, 1.165) is 10.6 Å². The van der Waals surface area contributed by atoms with Crippen LogP contribution < -0.4 is 9.47 Å². The fourth-order valence-corrected chi connectivity index (χ4v) is 2.72. The molecule has 7 nitrogen and oxygen atoms in total. The maximum atomic E-state index is 11.1. The number of furan rings is 1. The van der Waals surface area contributed by atoms with Gasteiger partial charge in [0.05, 0.1) is 30.1 Å². The molecule has 0 amide bonds. The Labute approximate surface area is 135 Å². The van der Waals surface area contributed by atoms with Crippen LogP contribution in [0.15, 0.2) is 46.6 Å². The van der Waals surface area contributed by atoms with Crippen molar-refractivity contribution in [2.24, 2.45) is 0 Å². The SMILES string of the molecule is COc1ccc(OCc2csc(-c3ccoc3)n2)c([N+](=O)[O-])c1. The molecule has 0 atom stereocenters. The zero-order valence-electron chi connectivity index (χ0n) is 12.1. The third-order valence-corrected chi connectivity index (χ3v) is 4.00. The van der Waals surface area contributed by atoms with Crippen molar-refractivity contribution in [3.8, 4) is 22.1 Å². The van der Waals surface area contributed by atoms with Crippen molar-refractivity contribution >= 4 is 17.0 Å². The Hall–Kier alpha value is -2.87. The number of hydrogen-bond acceptors (Lipinski definition) is 7. The number of ether oxygens (including phenoxy) is 2. The van der Waals surface area contributed by atoms with Crippen LogP contribution >= 0.6 is 11.3 Å². The Kier molecular flexibility index (Phi) is 4.24. The van der Waals surface area contributed by atoms with Gasteiger partial charge in [0, 0.05) is 10.9 Å². The molecule has 0 unspecified atom stereocenters. The van der Waals surface area contributed by atoms with Gasteiger partial charge >= 0.3 is 5.69 Å². The van der Waals surface area contributed by atoms with Gasteiger partial charge in [-0.15, -0.1) is 11.3 Å². The van der Waals surface area contributed by atoms with Crippen molar-refractivity contribution in [1.29, 1.82) is 0 Å². The number of nitro benzene ring substituents is 1. The van der Waals surface area contributed by atoms with Gasteiger partial charge in [-0.25, -0.2) is 4.98 Å². The van der Waals surface area contributed by atoms with Crippen molar-refractivity contribution in [2.75, 3.05) is 7.11 Å². The van der Waals surface area contributed by atoms with Gasteiger partial charge in [0.1, 0.15) is 23.6 Å². The molecule has 8 heteroatoms. The van der Waals surface area contributed by atoms with Crippen LogP contribution in [0.25, 0.3) is 10.6 Å². The maximum Gasteiger partial charge on any atom is 0.314 e. The summed E-state index contributed by atoms with van der Waals surface area (Å²) in [7, 11) is 1.45. The highest BCUT2D eigenvalue weighted by Gasteiger charge is 2.17. The van der Waals surface area contributed by atoms with Crippen LogP contribution in [0, 0.1) is 10.1 Å². The minimum atomic E-state index is -0.504. The average Bonchev–Trinajstić information content (AvgIpc) is 3.23. The van der Waals surface area contributed by atoms with E-state index in [4.69, 9.17) is 13.9 Å². The summed E-state index contributed by atoms with van der Waals surface area (Å²) in [6, 6.07) is 6.27. The summed E-state index contributed by atoms with van der Waals surface area (Å²) in [6.45, 7) is 0.140. The summed E-state index contributed by atoms with van der Waals surface area (Å²) in [5, 5.41) is 13.8. The molecule has 118 valence electrons. The summed E-state index contributed by atoms with van der Waals surface area (Å²) >= 11 is 1.45. The molecule has 0 bridgehead atoms. The number of benzene rings is 1. The molecule has 3 aromatic rings. The predicted molar refractivity (Wildman–Crippen MR) is 83.8 cm³/mol. The molecule has 0 aliphatic heterocycles. The zero-order valence-corrected chi connectivity index (χ0v) is 12.9. The molecule has 23 heavy (non-hydrogen) atoms. The number of thiazole rings is 1. The summed E-state index contributed by atoms with van der Waals surface area (Å²) in [6.07, 6.45) is 3.19. The molecule has 0 spiro atoms. The van der Waals surface area contributed by atoms with Gasteiger partial charge < -0.3 is 13.9 Å². The average molecular weight is 332 g/mol. The van der Waals surface area contributed by atoms with E-state index in [-0.39, 0.29) is 18.0 Å². The lowest BCUT2D eigenvalue weighted by molar-refractivity contribution is -0.386. The smallest absolute Gasteiger partial charge is 0.314 e. The Balaban J connectivity index is 1.74. The molecular formula is C15H12N2O5S. The first-order valence-electron chi connectivity index (χ1n) is 6.59. The van der Waals surface area contributed by atoms with Crippen LogP contribution in [-0.4, -0.2) is 17.0 Å². The van der Waals surface area contributed by atoms with Crippen LogP contribution in [-0.2, 0) is 6.61 Å². The van der Waals surface area contributed by atoms with Gasteiger partial charge in [0.2, 0.25) is 0 Å². The molecule has 0 saturated carbocycles. The van der Waals surface area contributed by atoms with E-state index in [9.17, 15) is 10.1 Å². The quantitative estimate of drug-likeness (QED) is 0.502. The van der Waals surface area contributed by atoms with Crippen LogP contribution in [0.1, 0.15) is 5.69 Å². The van der Waals surface area contributed by atoms with E-state index >= 15 is 0 Å². The van der Waals surface area contributed by atoms with Crippen molar-refractivity contribution in [1.82, 2.24) is 4.98 Å². The molecule has 0 aliphatic rings. The summed E-state index contributed by atoms with van der Waals surface area (Å²) in [4.78, 5) is 15.0. The second-order valence-electron chi connectivity index (χ2n) is 4.54. The van der Waals surface area contributed by atoms with Gasteiger partial charge in [0.25, 0.3) is 0 Å². The largest absolute Gasteiger partial charge is 0.496 e. The molecule has 3 rings (SSSR count). The third-order valence-electron chi connectivity index (χ3n) is 3.06. The lowest BCUT2D eigenvalue weighted by Gasteiger charge is -2.06. The highest BCUT2D eigenvalue weighted by Crippen LogP contribution is 2.32. The maximum absolute atomic E-state index is 11.1. The summed E-state index contributed by atoms with van der Waals surface area (Å²) in [5.41, 5.74) is 1.43. The molecule has 2 heterocycles. The fraction of sp³-hybridized carbons (Fsp3) is 0.133. The number of nitrogens with zero attached hydrogens (tertiary/aromatic N) is 2. The molecule has 0 N–H and O–H groups in total. The number of aromatic nitrogens is 1. The van der Waals surface area contributed by atoms with Crippen LogP contribution in [0.5, 0.6) is 11.5 Å². The first-order valence-corrected chi connectivity index (χ1v) is 7.47. The highest BCUT2D eigenvalue weighted by atomic mass is 32.1. The number of nitro groups is 1. The molecule has 1 aromatic carbocycles. The number of methoxy groups -OCH3 is 1. The van der Waals surface area contributed by atoms with Crippen LogP contribution in [0.2, 0.25) is 0 Å². The Morgan fingerprint density at radius 3 is 2.96 bits per heavy atom. The van der Waals surface area contributed by atoms with E-state index in [1.165, 1.54) is 30.6 Å². The Morgan fingerprint density at radius 2 is 2.26 bits per heavy atom. The standard InChI is InChI=1S/C15H12N2O5S/c1-20-12-2-3-14(13(6-12)17(18)19)22-8-11-9-23-15(16-11)10-4-5-21-7-10/h2-7,9H,8H2,1H3. The van der Waals surface area contributed by atoms with Gasteiger partial charge in [0.15, 0.2) is 5.75 Å². The van der Waals surface area contributed by atoms with E-state index in [1.807, 2.05) is 11.4 Å². The van der Waals surface area contributed by atoms with Crippen molar-refractivity contribution in [3.63, 3.8) is 0 Å². The normalized spacial score (nSPS) is 10.5. The first-order chi connectivity index (χ1) is 11.2. The highest BCUT2D eigenvalue weighted by molar-refractivity contribution is 7.13. The minimum Gasteiger partial charge on any atom is -0.496 e. The van der Waals surface area contributed by atoms with Crippen LogP contribution in [0.3, 0.4) is 0 Å². The van der Waals surface area contributed by atoms with Crippen molar-refractivity contribution in [3.05, 3.63) is 58.0 Å². The third kappa shape index (κ3) is 3.32. The molecule has 0 aliphatic carbocycles. The Morgan fingerprint density at radius 1 is 1.39 bits per heavy atom. The number of rotatable bonds is 6. The lowest BCUT2D eigenvalue weighted by Crippen LogP contribution is -2.00. The fourth-order valence-electron chi connectivity index (χ4n) is 1.93. The van der Waals surface area contributed by atoms with Crippen molar-refractivity contribution < 1.29 is 18.8 Å². The topological polar surface area (TPSA) is 87.6 Å². The monoisotopic (exact) mass is 332 g/mol. The summed E-state index contributed by atoms with van der Waals surface area (Å²) < 4.78 is 15.5. The van der Waals surface area contributed by atoms with Gasteiger partial charge in [-0.1, -0.05) is 0 Å². The minimum absolute atomic E-state index is 0.140. The molecule has 0 radical (unpaired) electrons. The van der Waals surface area contributed by atoms with E-state index < -0.39 is 4.92 Å². The molecule has 0 fully saturated rings. The lowest BCUT2D eigenvalue weighted by atomic mass is 10.3. The van der Waals surface area contributed by atoms with Gasteiger partial charge in [-0.2, -0.15) is 0 Å². The van der Waals surface area contributed by atoms with Gasteiger partial charge in [-0.3, -0.25) is 10.1 Å².